The number of hydrogen-bond acceptors (Lipinski definition) is 3. The molecular formula is C10H15N3S. The second kappa shape index (κ2) is 5.02. The van der Waals surface area contributed by atoms with Gasteiger partial charge in [0.1, 0.15) is 0 Å². The average molecular weight is 209 g/mol. The Hall–Kier alpha value is -1.00. The van der Waals surface area contributed by atoms with Crippen LogP contribution in [-0.2, 0) is 6.54 Å². The van der Waals surface area contributed by atoms with Gasteiger partial charge in [-0.1, -0.05) is 23.9 Å². The third-order valence-electron chi connectivity index (χ3n) is 2.08. The molecule has 0 saturated heterocycles. The number of rotatable bonds is 2. The number of thioether (sulfide) groups is 1. The molecule has 1 rings (SSSR count). The summed E-state index contributed by atoms with van der Waals surface area (Å²) in [7, 11) is 0. The van der Waals surface area contributed by atoms with Gasteiger partial charge in [-0.3, -0.25) is 0 Å². The van der Waals surface area contributed by atoms with Gasteiger partial charge in [0, 0.05) is 6.54 Å². The van der Waals surface area contributed by atoms with Crippen LogP contribution in [0.2, 0.25) is 0 Å². The molecule has 0 radical (unpaired) electrons. The van der Waals surface area contributed by atoms with E-state index in [0.717, 1.165) is 16.8 Å². The van der Waals surface area contributed by atoms with Gasteiger partial charge in [0.15, 0.2) is 5.17 Å². The van der Waals surface area contributed by atoms with Gasteiger partial charge in [0.05, 0.1) is 5.69 Å². The van der Waals surface area contributed by atoms with E-state index in [4.69, 9.17) is 11.5 Å². The van der Waals surface area contributed by atoms with Gasteiger partial charge >= 0.3 is 0 Å². The second-order valence-corrected chi connectivity index (χ2v) is 3.75. The van der Waals surface area contributed by atoms with Crippen LogP contribution in [0.4, 0.5) is 5.69 Å². The molecule has 0 aliphatic heterocycles. The zero-order valence-electron chi connectivity index (χ0n) is 8.45. The molecule has 4 N–H and O–H groups in total. The Morgan fingerprint density at radius 3 is 2.79 bits per heavy atom. The molecule has 1 aromatic carbocycles. The molecule has 1 aromatic rings. The Morgan fingerprint density at radius 1 is 1.50 bits per heavy atom. The fourth-order valence-electron chi connectivity index (χ4n) is 1.18. The van der Waals surface area contributed by atoms with Gasteiger partial charge in [-0.2, -0.15) is 0 Å². The lowest BCUT2D eigenvalue weighted by Gasteiger charge is -2.06. The molecule has 4 heteroatoms. The van der Waals surface area contributed by atoms with Crippen LogP contribution in [0.15, 0.2) is 23.2 Å². The van der Waals surface area contributed by atoms with Gasteiger partial charge < -0.3 is 11.5 Å². The predicted molar refractivity (Wildman–Crippen MR) is 63.9 cm³/mol. The first kappa shape index (κ1) is 11.1. The summed E-state index contributed by atoms with van der Waals surface area (Å²) in [6.45, 7) is 2.54. The maximum Gasteiger partial charge on any atom is 0.158 e. The number of amidine groups is 1. The van der Waals surface area contributed by atoms with Crippen molar-refractivity contribution in [2.75, 3.05) is 6.26 Å². The van der Waals surface area contributed by atoms with Crippen LogP contribution in [0.3, 0.4) is 0 Å². The van der Waals surface area contributed by atoms with Crippen molar-refractivity contribution in [2.24, 2.45) is 16.5 Å². The number of nitrogens with zero attached hydrogens (tertiary/aromatic N) is 1. The molecule has 0 aliphatic rings. The van der Waals surface area contributed by atoms with Crippen molar-refractivity contribution in [1.82, 2.24) is 0 Å². The van der Waals surface area contributed by atoms with Crippen molar-refractivity contribution >= 4 is 22.6 Å². The van der Waals surface area contributed by atoms with Crippen LogP contribution < -0.4 is 11.5 Å². The first-order valence-electron chi connectivity index (χ1n) is 4.35. The highest BCUT2D eigenvalue weighted by molar-refractivity contribution is 8.13. The number of nitrogens with two attached hydrogens (primary N) is 2. The third-order valence-corrected chi connectivity index (χ3v) is 2.59. The molecule has 76 valence electrons. The molecule has 0 fully saturated rings. The molecule has 0 atom stereocenters. The average Bonchev–Trinajstić information content (AvgIpc) is 2.21. The Balaban J connectivity index is 3.10. The van der Waals surface area contributed by atoms with Crippen LogP contribution in [0, 0.1) is 6.92 Å². The normalized spacial score (nSPS) is 11.8. The minimum absolute atomic E-state index is 0.536. The van der Waals surface area contributed by atoms with Crippen molar-refractivity contribution < 1.29 is 0 Å². The van der Waals surface area contributed by atoms with E-state index < -0.39 is 0 Å². The van der Waals surface area contributed by atoms with Gasteiger partial charge in [0.2, 0.25) is 0 Å². The molecule has 0 unspecified atom stereocenters. The third kappa shape index (κ3) is 2.49. The van der Waals surface area contributed by atoms with E-state index in [0.29, 0.717) is 11.7 Å². The summed E-state index contributed by atoms with van der Waals surface area (Å²) in [4.78, 5) is 4.29. The van der Waals surface area contributed by atoms with E-state index in [2.05, 4.69) is 4.99 Å². The Kier molecular flexibility index (Phi) is 3.98. The van der Waals surface area contributed by atoms with Crippen LogP contribution in [0.5, 0.6) is 0 Å². The molecule has 0 heterocycles. The fourth-order valence-corrected chi connectivity index (χ4v) is 1.37. The van der Waals surface area contributed by atoms with Crippen molar-refractivity contribution in [3.63, 3.8) is 0 Å². The molecular weight excluding hydrogens is 194 g/mol. The Bertz CT molecular complexity index is 347. The number of benzene rings is 1. The van der Waals surface area contributed by atoms with E-state index in [1.165, 1.54) is 11.8 Å². The largest absolute Gasteiger partial charge is 0.378 e. The molecule has 0 saturated carbocycles. The minimum atomic E-state index is 0.536. The van der Waals surface area contributed by atoms with Crippen molar-refractivity contribution in [3.05, 3.63) is 29.3 Å². The quantitative estimate of drug-likeness (QED) is 0.576. The first-order valence-corrected chi connectivity index (χ1v) is 5.58. The topological polar surface area (TPSA) is 64.4 Å². The lowest BCUT2D eigenvalue weighted by Crippen LogP contribution is -2.05. The summed E-state index contributed by atoms with van der Waals surface area (Å²) in [5, 5.41) is 0.572. The number of aliphatic imine (C=N–C) groups is 1. The summed E-state index contributed by atoms with van der Waals surface area (Å²) in [6.07, 6.45) is 1.90. The van der Waals surface area contributed by atoms with Gasteiger partial charge in [-0.05, 0) is 30.4 Å². The first-order chi connectivity index (χ1) is 6.69. The number of hydrogen-bond donors (Lipinski definition) is 2. The summed E-state index contributed by atoms with van der Waals surface area (Å²) in [5.41, 5.74) is 14.4. The maximum atomic E-state index is 5.65. The van der Waals surface area contributed by atoms with E-state index in [1.807, 2.05) is 31.4 Å². The van der Waals surface area contributed by atoms with E-state index in [9.17, 15) is 0 Å². The highest BCUT2D eigenvalue weighted by Crippen LogP contribution is 2.22. The standard InChI is InChI=1S/C10H15N3S/c1-7-8(6-11)4-3-5-9(7)13-10(12)14-2/h3-5H,6,11H2,1-2H3,(H2,12,13). The van der Waals surface area contributed by atoms with Crippen molar-refractivity contribution in [2.45, 2.75) is 13.5 Å². The van der Waals surface area contributed by atoms with Crippen LogP contribution >= 0.6 is 11.8 Å². The highest BCUT2D eigenvalue weighted by atomic mass is 32.2. The molecule has 0 aliphatic carbocycles. The zero-order chi connectivity index (χ0) is 10.6. The SMILES string of the molecule is CSC(N)=Nc1cccc(CN)c1C. The predicted octanol–water partition coefficient (Wildman–Crippen LogP) is 1.76. The second-order valence-electron chi connectivity index (χ2n) is 2.92. The molecule has 3 nitrogen and oxygen atoms in total. The fraction of sp³-hybridized carbons (Fsp3) is 0.300. The van der Waals surface area contributed by atoms with E-state index >= 15 is 0 Å². The summed E-state index contributed by atoms with van der Waals surface area (Å²) in [6, 6.07) is 5.89. The molecule has 0 amide bonds. The molecule has 0 aromatic heterocycles. The van der Waals surface area contributed by atoms with E-state index in [1.54, 1.807) is 0 Å². The van der Waals surface area contributed by atoms with E-state index in [-0.39, 0.29) is 0 Å². The highest BCUT2D eigenvalue weighted by Gasteiger charge is 2.01. The lowest BCUT2D eigenvalue weighted by molar-refractivity contribution is 1.05. The molecule has 14 heavy (non-hydrogen) atoms. The maximum absolute atomic E-state index is 5.65. The van der Waals surface area contributed by atoms with Crippen LogP contribution in [-0.4, -0.2) is 11.4 Å². The summed E-state index contributed by atoms with van der Waals surface area (Å²) < 4.78 is 0. The van der Waals surface area contributed by atoms with Crippen LogP contribution in [0.25, 0.3) is 0 Å². The molecule has 0 spiro atoms. The van der Waals surface area contributed by atoms with Crippen molar-refractivity contribution in [1.29, 1.82) is 0 Å². The monoisotopic (exact) mass is 209 g/mol. The van der Waals surface area contributed by atoms with Crippen LogP contribution in [0.1, 0.15) is 11.1 Å². The smallest absolute Gasteiger partial charge is 0.158 e. The Morgan fingerprint density at radius 2 is 2.21 bits per heavy atom. The van der Waals surface area contributed by atoms with Gasteiger partial charge in [-0.25, -0.2) is 4.99 Å². The van der Waals surface area contributed by atoms with Crippen molar-refractivity contribution in [3.8, 4) is 0 Å². The summed E-state index contributed by atoms with van der Waals surface area (Å²) >= 11 is 1.44. The summed E-state index contributed by atoms with van der Waals surface area (Å²) in [5.74, 6) is 0. The Labute approximate surface area is 88.6 Å². The molecule has 0 bridgehead atoms. The minimum Gasteiger partial charge on any atom is -0.378 e. The van der Waals surface area contributed by atoms with Gasteiger partial charge in [0.25, 0.3) is 0 Å². The lowest BCUT2D eigenvalue weighted by atomic mass is 10.1. The van der Waals surface area contributed by atoms with Gasteiger partial charge in [-0.15, -0.1) is 0 Å². The zero-order valence-corrected chi connectivity index (χ0v) is 9.27.